The van der Waals surface area contributed by atoms with E-state index in [1.54, 1.807) is 12.1 Å². The molecule has 0 spiro atoms. The third kappa shape index (κ3) is 8.09. The number of benzene rings is 5. The molecule has 0 unspecified atom stereocenters. The van der Waals surface area contributed by atoms with Crippen molar-refractivity contribution in [3.63, 3.8) is 0 Å². The molecule has 0 saturated heterocycles. The number of halogens is 8. The van der Waals surface area contributed by atoms with Crippen molar-refractivity contribution < 1.29 is 39.9 Å². The van der Waals surface area contributed by atoms with E-state index in [1.807, 2.05) is 24.3 Å². The van der Waals surface area contributed by atoms with E-state index in [-0.39, 0.29) is 17.2 Å². The van der Waals surface area contributed by atoms with Crippen LogP contribution in [0.1, 0.15) is 37.3 Å². The quantitative estimate of drug-likeness (QED) is 0.0784. The Morgan fingerprint density at radius 3 is 1.66 bits per heavy atom. The zero-order valence-electron chi connectivity index (χ0n) is 25.1. The molecule has 0 atom stereocenters. The average Bonchev–Trinajstić information content (AvgIpc) is 3.03. The molecule has 0 aliphatic carbocycles. The predicted molar refractivity (Wildman–Crippen MR) is 167 cm³/mol. The molecule has 0 aliphatic heterocycles. The number of unbranched alkanes of at least 4 members (excludes halogenated alkanes) is 2. The number of ether oxygens (including phenoxy) is 1. The maximum atomic E-state index is 14.9. The monoisotopic (exact) mass is 652 g/mol. The van der Waals surface area contributed by atoms with E-state index in [2.05, 4.69) is 23.8 Å². The molecule has 0 radical (unpaired) electrons. The number of alkyl halides is 2. The second-order valence-corrected chi connectivity index (χ2v) is 11.0. The molecule has 0 N–H and O–H groups in total. The molecule has 0 fully saturated rings. The van der Waals surface area contributed by atoms with E-state index in [1.165, 1.54) is 12.0 Å². The minimum atomic E-state index is -4.14. The molecule has 9 heteroatoms. The molecule has 5 aromatic carbocycles. The standard InChI is InChI=1S/C38H28F8O/c1-2-3-4-5-23-6-8-24(9-7-23)25-10-12-26(13-11-25)27-18-32(39)31(33(40)19-27)16-17-38(45,46)47-29-14-15-30(34(41)22-29)28-20-35(42)37(44)36(43)21-28/h6-22H,2-5H2,1H3. The summed E-state index contributed by atoms with van der Waals surface area (Å²) in [6.07, 6.45) is 0.966. The van der Waals surface area contributed by atoms with Gasteiger partial charge in [-0.15, -0.1) is 0 Å². The molecular weight excluding hydrogens is 624 g/mol. The van der Waals surface area contributed by atoms with Crippen LogP contribution in [0, 0.1) is 34.9 Å². The highest BCUT2D eigenvalue weighted by Gasteiger charge is 2.29. The van der Waals surface area contributed by atoms with Crippen LogP contribution in [0.3, 0.4) is 0 Å². The van der Waals surface area contributed by atoms with Crippen LogP contribution in [0.5, 0.6) is 5.75 Å². The lowest BCUT2D eigenvalue weighted by Crippen LogP contribution is -2.21. The summed E-state index contributed by atoms with van der Waals surface area (Å²) in [6.45, 7) is 2.16. The summed E-state index contributed by atoms with van der Waals surface area (Å²) in [5, 5.41) is 0. The van der Waals surface area contributed by atoms with Crippen LogP contribution >= 0.6 is 0 Å². The first-order chi connectivity index (χ1) is 22.4. The maximum absolute atomic E-state index is 14.9. The van der Waals surface area contributed by atoms with Crippen LogP contribution in [0.15, 0.2) is 97.1 Å². The smallest absolute Gasteiger partial charge is 0.419 e. The second kappa shape index (κ2) is 14.2. The topological polar surface area (TPSA) is 9.23 Å². The van der Waals surface area contributed by atoms with Crippen LogP contribution in [-0.2, 0) is 6.42 Å². The minimum absolute atomic E-state index is 0.106. The largest absolute Gasteiger partial charge is 0.429 e. The summed E-state index contributed by atoms with van der Waals surface area (Å²) in [5.74, 6) is -8.93. The normalized spacial score (nSPS) is 11.8. The molecular formula is C38H28F8O. The molecule has 0 aromatic heterocycles. The first-order valence-corrected chi connectivity index (χ1v) is 14.8. The van der Waals surface area contributed by atoms with Crippen molar-refractivity contribution in [3.8, 4) is 39.1 Å². The van der Waals surface area contributed by atoms with Crippen LogP contribution in [-0.4, -0.2) is 6.11 Å². The van der Waals surface area contributed by atoms with Gasteiger partial charge in [-0.25, -0.2) is 26.3 Å². The fourth-order valence-corrected chi connectivity index (χ4v) is 5.08. The highest BCUT2D eigenvalue weighted by molar-refractivity contribution is 5.72. The Morgan fingerprint density at radius 2 is 1.11 bits per heavy atom. The average molecular weight is 653 g/mol. The van der Waals surface area contributed by atoms with Gasteiger partial charge in [0.25, 0.3) is 0 Å². The van der Waals surface area contributed by atoms with E-state index in [0.29, 0.717) is 29.8 Å². The molecule has 0 heterocycles. The summed E-state index contributed by atoms with van der Waals surface area (Å²) in [7, 11) is 0. The summed E-state index contributed by atoms with van der Waals surface area (Å²) >= 11 is 0. The van der Waals surface area contributed by atoms with Gasteiger partial charge in [-0.1, -0.05) is 68.3 Å². The molecule has 0 aliphatic rings. The summed E-state index contributed by atoms with van der Waals surface area (Å²) < 4.78 is 118. The Balaban J connectivity index is 1.27. The Bertz CT molecular complexity index is 1850. The van der Waals surface area contributed by atoms with Crippen LogP contribution in [0.4, 0.5) is 35.1 Å². The van der Waals surface area contributed by atoms with Crippen molar-refractivity contribution in [1.82, 2.24) is 0 Å². The maximum Gasteiger partial charge on any atom is 0.419 e. The summed E-state index contributed by atoms with van der Waals surface area (Å²) in [6, 6.07) is 20.8. The van der Waals surface area contributed by atoms with Gasteiger partial charge >= 0.3 is 6.11 Å². The minimum Gasteiger partial charge on any atom is -0.429 e. The highest BCUT2D eigenvalue weighted by Crippen LogP contribution is 2.33. The van der Waals surface area contributed by atoms with Crippen molar-refractivity contribution in [3.05, 3.63) is 143 Å². The molecule has 0 amide bonds. The Hall–Kier alpha value is -4.92. The van der Waals surface area contributed by atoms with Crippen molar-refractivity contribution in [2.75, 3.05) is 0 Å². The second-order valence-electron chi connectivity index (χ2n) is 11.0. The van der Waals surface area contributed by atoms with Gasteiger partial charge in [0.1, 0.15) is 23.2 Å². The summed E-state index contributed by atoms with van der Waals surface area (Å²) in [5.41, 5.74) is 2.38. The third-order valence-electron chi connectivity index (χ3n) is 7.59. The van der Waals surface area contributed by atoms with Crippen LogP contribution < -0.4 is 4.74 Å². The van der Waals surface area contributed by atoms with Gasteiger partial charge in [0.05, 0.1) is 0 Å². The van der Waals surface area contributed by atoms with Crippen molar-refractivity contribution >= 4 is 6.08 Å². The number of hydrogen-bond acceptors (Lipinski definition) is 1. The molecule has 0 saturated carbocycles. The highest BCUT2D eigenvalue weighted by atomic mass is 19.3. The molecule has 47 heavy (non-hydrogen) atoms. The van der Waals surface area contributed by atoms with Gasteiger partial charge in [-0.05, 0) is 88.7 Å². The Kier molecular flexibility index (Phi) is 10.1. The third-order valence-corrected chi connectivity index (χ3v) is 7.59. The van der Waals surface area contributed by atoms with E-state index >= 15 is 0 Å². The fraction of sp³-hybridized carbons (Fsp3) is 0.158. The SMILES string of the molecule is CCCCCc1ccc(-c2ccc(-c3cc(F)c(C=CC(F)(F)Oc4ccc(-c5cc(F)c(F)c(F)c5)c(F)c4)c(F)c3)cc2)cc1. The van der Waals surface area contributed by atoms with Gasteiger partial charge in [0.15, 0.2) is 17.5 Å². The van der Waals surface area contributed by atoms with Gasteiger partial charge < -0.3 is 4.74 Å². The zero-order valence-corrected chi connectivity index (χ0v) is 25.1. The summed E-state index contributed by atoms with van der Waals surface area (Å²) in [4.78, 5) is 0. The van der Waals surface area contributed by atoms with Gasteiger partial charge in [0, 0.05) is 23.3 Å². The zero-order chi connectivity index (χ0) is 33.7. The Labute approximate surface area is 266 Å². The molecule has 0 bridgehead atoms. The van der Waals surface area contributed by atoms with Gasteiger partial charge in [-0.2, -0.15) is 8.78 Å². The van der Waals surface area contributed by atoms with Crippen LogP contribution in [0.2, 0.25) is 0 Å². The first kappa shape index (κ1) is 33.4. The van der Waals surface area contributed by atoms with E-state index in [9.17, 15) is 35.1 Å². The Morgan fingerprint density at radius 1 is 0.574 bits per heavy atom. The number of hydrogen-bond donors (Lipinski definition) is 0. The lowest BCUT2D eigenvalue weighted by Gasteiger charge is -2.15. The van der Waals surface area contributed by atoms with Gasteiger partial charge in [0.2, 0.25) is 0 Å². The van der Waals surface area contributed by atoms with E-state index < -0.39 is 57.9 Å². The van der Waals surface area contributed by atoms with E-state index in [4.69, 9.17) is 0 Å². The predicted octanol–water partition coefficient (Wildman–Crippen LogP) is 11.9. The van der Waals surface area contributed by atoms with Gasteiger partial charge in [-0.3, -0.25) is 0 Å². The van der Waals surface area contributed by atoms with Crippen LogP contribution in [0.25, 0.3) is 39.5 Å². The molecule has 5 rings (SSSR count). The van der Waals surface area contributed by atoms with E-state index in [0.717, 1.165) is 54.7 Å². The molecule has 5 aromatic rings. The lowest BCUT2D eigenvalue weighted by molar-refractivity contribution is -0.131. The number of aryl methyl sites for hydroxylation is 1. The molecule has 1 nitrogen and oxygen atoms in total. The van der Waals surface area contributed by atoms with Crippen molar-refractivity contribution in [2.24, 2.45) is 0 Å². The van der Waals surface area contributed by atoms with Crippen molar-refractivity contribution in [2.45, 2.75) is 38.7 Å². The molecule has 242 valence electrons. The first-order valence-electron chi connectivity index (χ1n) is 14.8. The fourth-order valence-electron chi connectivity index (χ4n) is 5.08. The lowest BCUT2D eigenvalue weighted by atomic mass is 9.98. The van der Waals surface area contributed by atoms with Crippen molar-refractivity contribution in [1.29, 1.82) is 0 Å². The number of rotatable bonds is 11.